The molecule has 0 aromatic heterocycles. The third-order valence-electron chi connectivity index (χ3n) is 3.78. The number of aliphatic hydroxyl groups excluding tert-OH is 1. The summed E-state index contributed by atoms with van der Waals surface area (Å²) in [6.07, 6.45) is 8.32. The van der Waals surface area contributed by atoms with Gasteiger partial charge in [0.15, 0.2) is 0 Å². The number of hydrogen-bond donors (Lipinski definition) is 2. The molecular weight excluding hydrogens is 242 g/mol. The van der Waals surface area contributed by atoms with Crippen molar-refractivity contribution >= 4 is 0 Å². The normalized spacial score (nSPS) is 18.0. The van der Waals surface area contributed by atoms with Gasteiger partial charge in [-0.1, -0.05) is 25.7 Å². The first-order chi connectivity index (χ1) is 9.33. The molecule has 1 saturated carbocycles. The van der Waals surface area contributed by atoms with E-state index < -0.39 is 0 Å². The molecule has 0 aromatic carbocycles. The largest absolute Gasteiger partial charge is 0.392 e. The lowest BCUT2D eigenvalue weighted by Gasteiger charge is -2.15. The highest BCUT2D eigenvalue weighted by Crippen LogP contribution is 2.28. The first-order valence-electron chi connectivity index (χ1n) is 7.78. The average Bonchev–Trinajstić information content (AvgIpc) is 2.89. The van der Waals surface area contributed by atoms with Crippen LogP contribution in [0, 0.1) is 5.92 Å². The maximum Gasteiger partial charge on any atom is 0.0700 e. The zero-order valence-electron chi connectivity index (χ0n) is 12.4. The van der Waals surface area contributed by atoms with Gasteiger partial charge in [0, 0.05) is 20.3 Å². The molecule has 0 radical (unpaired) electrons. The second-order valence-corrected chi connectivity index (χ2v) is 5.56. The van der Waals surface area contributed by atoms with Crippen molar-refractivity contribution < 1.29 is 14.6 Å². The van der Waals surface area contributed by atoms with Gasteiger partial charge in [-0.15, -0.1) is 0 Å². The van der Waals surface area contributed by atoms with Crippen LogP contribution in [0.5, 0.6) is 0 Å². The van der Waals surface area contributed by atoms with Gasteiger partial charge in [-0.25, -0.2) is 0 Å². The fraction of sp³-hybridized carbons (Fsp3) is 1.00. The summed E-state index contributed by atoms with van der Waals surface area (Å²) in [5.41, 5.74) is 0. The summed E-state index contributed by atoms with van der Waals surface area (Å²) in [4.78, 5) is 0. The third-order valence-corrected chi connectivity index (χ3v) is 3.78. The van der Waals surface area contributed by atoms with E-state index >= 15 is 0 Å². The molecule has 0 bridgehead atoms. The molecule has 0 amide bonds. The Bertz CT molecular complexity index is 196. The number of hydrogen-bond acceptors (Lipinski definition) is 4. The van der Waals surface area contributed by atoms with Crippen molar-refractivity contribution in [2.45, 2.75) is 51.0 Å². The zero-order valence-corrected chi connectivity index (χ0v) is 12.4. The van der Waals surface area contributed by atoms with Crippen LogP contribution in [0.1, 0.15) is 44.9 Å². The summed E-state index contributed by atoms with van der Waals surface area (Å²) in [5.74, 6) is 0.769. The maximum atomic E-state index is 9.91. The van der Waals surface area contributed by atoms with Crippen molar-refractivity contribution in [3.63, 3.8) is 0 Å². The van der Waals surface area contributed by atoms with Gasteiger partial charge < -0.3 is 19.9 Å². The Balaban J connectivity index is 1.79. The van der Waals surface area contributed by atoms with Gasteiger partial charge in [-0.2, -0.15) is 0 Å². The topological polar surface area (TPSA) is 50.7 Å². The molecular formula is C15H31NO3. The van der Waals surface area contributed by atoms with Gasteiger partial charge in [0.25, 0.3) is 0 Å². The lowest BCUT2D eigenvalue weighted by atomic mass is 10.00. The second kappa shape index (κ2) is 11.6. The van der Waals surface area contributed by atoms with Crippen molar-refractivity contribution in [2.75, 3.05) is 40.0 Å². The van der Waals surface area contributed by atoms with E-state index in [4.69, 9.17) is 9.47 Å². The van der Waals surface area contributed by atoms with Crippen LogP contribution in [-0.4, -0.2) is 51.2 Å². The molecule has 2 N–H and O–H groups in total. The number of unbranched alkanes of at least 4 members (excludes halogenated alkanes) is 1. The summed E-state index contributed by atoms with van der Waals surface area (Å²) < 4.78 is 10.3. The van der Waals surface area contributed by atoms with Gasteiger partial charge in [-0.3, -0.25) is 0 Å². The quantitative estimate of drug-likeness (QED) is 0.534. The van der Waals surface area contributed by atoms with Crippen LogP contribution in [0.25, 0.3) is 0 Å². The van der Waals surface area contributed by atoms with Crippen molar-refractivity contribution in [2.24, 2.45) is 5.92 Å². The Morgan fingerprint density at radius 3 is 2.68 bits per heavy atom. The molecule has 1 atom stereocenters. The van der Waals surface area contributed by atoms with Crippen LogP contribution in [0.15, 0.2) is 0 Å². The smallest absolute Gasteiger partial charge is 0.0700 e. The van der Waals surface area contributed by atoms with Crippen molar-refractivity contribution in [1.29, 1.82) is 0 Å². The average molecular weight is 273 g/mol. The maximum absolute atomic E-state index is 9.91. The predicted octanol–water partition coefficient (Wildman–Crippen LogP) is 1.96. The van der Waals surface area contributed by atoms with Crippen molar-refractivity contribution in [1.82, 2.24) is 5.32 Å². The molecule has 4 heteroatoms. The minimum absolute atomic E-state index is 0.166. The van der Waals surface area contributed by atoms with E-state index in [2.05, 4.69) is 5.32 Å². The fourth-order valence-electron chi connectivity index (χ4n) is 2.68. The van der Waals surface area contributed by atoms with Crippen molar-refractivity contribution in [3.05, 3.63) is 0 Å². The first-order valence-corrected chi connectivity index (χ1v) is 7.78. The third kappa shape index (κ3) is 9.38. The second-order valence-electron chi connectivity index (χ2n) is 5.56. The molecule has 0 aliphatic heterocycles. The molecule has 0 aromatic rings. The molecule has 1 unspecified atom stereocenters. The number of methoxy groups -OCH3 is 1. The number of aliphatic hydroxyl groups is 1. The summed E-state index contributed by atoms with van der Waals surface area (Å²) in [6.45, 7) is 3.86. The summed E-state index contributed by atoms with van der Waals surface area (Å²) >= 11 is 0. The zero-order chi connectivity index (χ0) is 13.8. The molecule has 19 heavy (non-hydrogen) atoms. The van der Waals surface area contributed by atoms with Gasteiger partial charge in [0.05, 0.1) is 19.3 Å². The Kier molecular flexibility index (Phi) is 10.4. The van der Waals surface area contributed by atoms with Gasteiger partial charge >= 0.3 is 0 Å². The van der Waals surface area contributed by atoms with E-state index in [1.165, 1.54) is 25.7 Å². The minimum Gasteiger partial charge on any atom is -0.392 e. The monoisotopic (exact) mass is 273 g/mol. The summed E-state index contributed by atoms with van der Waals surface area (Å²) in [6, 6.07) is 0. The first kappa shape index (κ1) is 16.9. The Labute approximate surface area is 117 Å². The number of rotatable bonds is 12. The van der Waals surface area contributed by atoms with Crippen LogP contribution in [-0.2, 0) is 9.47 Å². The molecule has 4 nitrogen and oxygen atoms in total. The Morgan fingerprint density at radius 2 is 1.95 bits per heavy atom. The molecule has 1 aliphatic carbocycles. The minimum atomic E-state index is -0.166. The molecule has 1 rings (SSSR count). The van der Waals surface area contributed by atoms with Crippen LogP contribution < -0.4 is 5.32 Å². The van der Waals surface area contributed by atoms with Gasteiger partial charge in [0.2, 0.25) is 0 Å². The molecule has 0 spiro atoms. The molecule has 0 heterocycles. The fourth-order valence-corrected chi connectivity index (χ4v) is 2.68. The van der Waals surface area contributed by atoms with Crippen molar-refractivity contribution in [3.8, 4) is 0 Å². The van der Waals surface area contributed by atoms with Gasteiger partial charge in [0.1, 0.15) is 0 Å². The van der Waals surface area contributed by atoms with E-state index in [-0.39, 0.29) is 6.10 Å². The number of nitrogens with one attached hydrogen (secondary N) is 1. The molecule has 1 aliphatic rings. The van der Waals surface area contributed by atoms with Gasteiger partial charge in [-0.05, 0) is 31.7 Å². The molecule has 1 fully saturated rings. The SMILES string of the molecule is COCCOCCCCNCC(O)CC1CCCC1. The molecule has 0 saturated heterocycles. The van der Waals surface area contributed by atoms with E-state index in [0.717, 1.165) is 44.9 Å². The number of ether oxygens (including phenoxy) is 2. The highest BCUT2D eigenvalue weighted by Gasteiger charge is 2.18. The van der Waals surface area contributed by atoms with Crippen LogP contribution >= 0.6 is 0 Å². The van der Waals surface area contributed by atoms with E-state index in [1.807, 2.05) is 0 Å². The summed E-state index contributed by atoms with van der Waals surface area (Å²) in [5, 5.41) is 13.2. The Morgan fingerprint density at radius 1 is 1.16 bits per heavy atom. The standard InChI is InChI=1S/C15H31NO3/c1-18-10-11-19-9-5-4-8-16-13-15(17)12-14-6-2-3-7-14/h14-17H,2-13H2,1H3. The van der Waals surface area contributed by atoms with E-state index in [9.17, 15) is 5.11 Å². The lowest BCUT2D eigenvalue weighted by Crippen LogP contribution is -2.29. The summed E-state index contributed by atoms with van der Waals surface area (Å²) in [7, 11) is 1.68. The Hall–Kier alpha value is -0.160. The van der Waals surface area contributed by atoms with E-state index in [1.54, 1.807) is 7.11 Å². The predicted molar refractivity (Wildman–Crippen MR) is 77.4 cm³/mol. The van der Waals surface area contributed by atoms with E-state index in [0.29, 0.717) is 13.2 Å². The highest BCUT2D eigenvalue weighted by molar-refractivity contribution is 4.72. The molecule has 114 valence electrons. The van der Waals surface area contributed by atoms with Crippen LogP contribution in [0.4, 0.5) is 0 Å². The lowest BCUT2D eigenvalue weighted by molar-refractivity contribution is 0.0686. The van der Waals surface area contributed by atoms with Crippen LogP contribution in [0.2, 0.25) is 0 Å². The highest BCUT2D eigenvalue weighted by atomic mass is 16.5. The van der Waals surface area contributed by atoms with Crippen LogP contribution in [0.3, 0.4) is 0 Å².